The SMILES string of the molecule is c1ccc(-c2ccc(N(c3ccc4c(c3)oc3ccc(-n5c6ccccc6c6ccccc65)cc34)c3ccccc3-c3ccccc3)cc2)cc1. The third-order valence-corrected chi connectivity index (χ3v) is 10.00. The van der Waals surface area contributed by atoms with Gasteiger partial charge >= 0.3 is 0 Å². The van der Waals surface area contributed by atoms with Crippen LogP contribution >= 0.6 is 0 Å². The Labute approximate surface area is 295 Å². The molecule has 0 aliphatic rings. The molecule has 0 bridgehead atoms. The zero-order valence-electron chi connectivity index (χ0n) is 27.8. The number of para-hydroxylation sites is 3. The molecule has 0 spiro atoms. The third kappa shape index (κ3) is 4.90. The number of aromatic nitrogens is 1. The highest BCUT2D eigenvalue weighted by molar-refractivity contribution is 6.11. The molecule has 0 aliphatic heterocycles. The molecule has 2 heterocycles. The van der Waals surface area contributed by atoms with E-state index in [1.165, 1.54) is 38.5 Å². The van der Waals surface area contributed by atoms with E-state index in [0.29, 0.717) is 0 Å². The van der Waals surface area contributed by atoms with Gasteiger partial charge in [-0.25, -0.2) is 0 Å². The number of benzene rings is 8. The molecule has 3 nitrogen and oxygen atoms in total. The molecule has 0 atom stereocenters. The van der Waals surface area contributed by atoms with E-state index in [1.54, 1.807) is 0 Å². The number of fused-ring (bicyclic) bond motifs is 6. The van der Waals surface area contributed by atoms with Crippen molar-refractivity contribution >= 4 is 60.8 Å². The van der Waals surface area contributed by atoms with Gasteiger partial charge in [0.05, 0.1) is 16.7 Å². The van der Waals surface area contributed by atoms with E-state index >= 15 is 0 Å². The van der Waals surface area contributed by atoms with Crippen molar-refractivity contribution in [2.24, 2.45) is 0 Å². The van der Waals surface area contributed by atoms with Crippen molar-refractivity contribution in [3.63, 3.8) is 0 Å². The molecular weight excluding hydrogens is 621 g/mol. The molecule has 10 aromatic rings. The first-order chi connectivity index (χ1) is 25.3. The minimum Gasteiger partial charge on any atom is -0.456 e. The van der Waals surface area contributed by atoms with Crippen LogP contribution in [0.4, 0.5) is 17.1 Å². The maximum absolute atomic E-state index is 6.62. The number of rotatable bonds is 6. The molecule has 51 heavy (non-hydrogen) atoms. The Morgan fingerprint density at radius 1 is 0.373 bits per heavy atom. The lowest BCUT2D eigenvalue weighted by molar-refractivity contribution is 0.669. The fraction of sp³-hybridized carbons (Fsp3) is 0. The summed E-state index contributed by atoms with van der Waals surface area (Å²) >= 11 is 0. The molecule has 0 fully saturated rings. The third-order valence-electron chi connectivity index (χ3n) is 10.00. The number of hydrogen-bond acceptors (Lipinski definition) is 2. The summed E-state index contributed by atoms with van der Waals surface area (Å²) in [7, 11) is 0. The van der Waals surface area contributed by atoms with Crippen molar-refractivity contribution in [3.05, 3.63) is 194 Å². The van der Waals surface area contributed by atoms with Gasteiger partial charge in [-0.2, -0.15) is 0 Å². The highest BCUT2D eigenvalue weighted by Gasteiger charge is 2.20. The molecule has 0 unspecified atom stereocenters. The minimum absolute atomic E-state index is 0.852. The summed E-state index contributed by atoms with van der Waals surface area (Å²) in [5.74, 6) is 0. The summed E-state index contributed by atoms with van der Waals surface area (Å²) in [6.07, 6.45) is 0. The average Bonchev–Trinajstić information content (AvgIpc) is 3.74. The largest absolute Gasteiger partial charge is 0.456 e. The summed E-state index contributed by atoms with van der Waals surface area (Å²) in [5, 5.41) is 4.69. The van der Waals surface area contributed by atoms with Gasteiger partial charge in [0.2, 0.25) is 0 Å². The van der Waals surface area contributed by atoms with Crippen molar-refractivity contribution < 1.29 is 4.42 Å². The molecular formula is C48H32N2O. The van der Waals surface area contributed by atoms with Gasteiger partial charge in [-0.3, -0.25) is 0 Å². The van der Waals surface area contributed by atoms with Crippen molar-refractivity contribution in [2.75, 3.05) is 4.90 Å². The van der Waals surface area contributed by atoms with Gasteiger partial charge in [0, 0.05) is 50.2 Å². The van der Waals surface area contributed by atoms with Crippen LogP contribution in [0.15, 0.2) is 199 Å². The summed E-state index contributed by atoms with van der Waals surface area (Å²) in [6, 6.07) is 69.0. The minimum atomic E-state index is 0.852. The smallest absolute Gasteiger partial charge is 0.137 e. The number of furan rings is 1. The normalized spacial score (nSPS) is 11.5. The Morgan fingerprint density at radius 3 is 1.69 bits per heavy atom. The van der Waals surface area contributed by atoms with E-state index in [-0.39, 0.29) is 0 Å². The molecule has 0 radical (unpaired) electrons. The van der Waals surface area contributed by atoms with Gasteiger partial charge in [-0.05, 0) is 77.4 Å². The summed E-state index contributed by atoms with van der Waals surface area (Å²) in [6.45, 7) is 0. The number of nitrogens with zero attached hydrogens (tertiary/aromatic N) is 2. The summed E-state index contributed by atoms with van der Waals surface area (Å²) in [5.41, 5.74) is 13.1. The molecule has 0 saturated carbocycles. The lowest BCUT2D eigenvalue weighted by Gasteiger charge is -2.28. The first-order valence-electron chi connectivity index (χ1n) is 17.4. The highest BCUT2D eigenvalue weighted by atomic mass is 16.3. The van der Waals surface area contributed by atoms with Gasteiger partial charge in [-0.15, -0.1) is 0 Å². The Kier molecular flexibility index (Phi) is 6.81. The monoisotopic (exact) mass is 652 g/mol. The second-order valence-corrected chi connectivity index (χ2v) is 13.0. The molecule has 2 aromatic heterocycles. The molecule has 240 valence electrons. The fourth-order valence-electron chi connectivity index (χ4n) is 7.62. The zero-order valence-corrected chi connectivity index (χ0v) is 27.8. The molecule has 8 aromatic carbocycles. The highest BCUT2D eigenvalue weighted by Crippen LogP contribution is 2.43. The van der Waals surface area contributed by atoms with Crippen molar-refractivity contribution in [2.45, 2.75) is 0 Å². The van der Waals surface area contributed by atoms with Crippen LogP contribution in [0.3, 0.4) is 0 Å². The van der Waals surface area contributed by atoms with Crippen molar-refractivity contribution in [3.8, 4) is 27.9 Å². The van der Waals surface area contributed by atoms with E-state index in [0.717, 1.165) is 50.3 Å². The second-order valence-electron chi connectivity index (χ2n) is 13.0. The van der Waals surface area contributed by atoms with Crippen molar-refractivity contribution in [1.82, 2.24) is 4.57 Å². The van der Waals surface area contributed by atoms with Crippen LogP contribution in [0, 0.1) is 0 Å². The Balaban J connectivity index is 1.13. The van der Waals surface area contributed by atoms with E-state index in [4.69, 9.17) is 4.42 Å². The maximum Gasteiger partial charge on any atom is 0.137 e. The summed E-state index contributed by atoms with van der Waals surface area (Å²) < 4.78 is 8.98. The summed E-state index contributed by atoms with van der Waals surface area (Å²) in [4.78, 5) is 2.34. The quantitative estimate of drug-likeness (QED) is 0.178. The average molecular weight is 653 g/mol. The molecule has 0 aliphatic carbocycles. The van der Waals surface area contributed by atoms with Gasteiger partial charge in [0.15, 0.2) is 0 Å². The van der Waals surface area contributed by atoms with Gasteiger partial charge in [0.25, 0.3) is 0 Å². The van der Waals surface area contributed by atoms with Crippen LogP contribution in [-0.2, 0) is 0 Å². The topological polar surface area (TPSA) is 21.3 Å². The van der Waals surface area contributed by atoms with Crippen molar-refractivity contribution in [1.29, 1.82) is 0 Å². The standard InChI is InChI=1S/C48H32N2O/c1-3-13-33(14-4-1)34-23-25-36(26-24-34)49(44-20-10-7-17-39(44)35-15-5-2-6-16-35)38-27-29-42-43-31-37(28-30-47(43)51-48(42)32-38)50-45-21-11-8-18-40(45)41-19-9-12-22-46(41)50/h1-32H. The molecule has 10 rings (SSSR count). The van der Waals surface area contributed by atoms with E-state index in [9.17, 15) is 0 Å². The van der Waals surface area contributed by atoms with E-state index in [1.807, 2.05) is 0 Å². The zero-order chi connectivity index (χ0) is 33.7. The molecule has 0 saturated heterocycles. The predicted octanol–water partition coefficient (Wildman–Crippen LogP) is 13.5. The van der Waals surface area contributed by atoms with Gasteiger partial charge < -0.3 is 13.9 Å². The lowest BCUT2D eigenvalue weighted by atomic mass is 10.0. The maximum atomic E-state index is 6.62. The van der Waals surface area contributed by atoms with Gasteiger partial charge in [-0.1, -0.05) is 127 Å². The van der Waals surface area contributed by atoms with E-state index < -0.39 is 0 Å². The molecule has 3 heteroatoms. The van der Waals surface area contributed by atoms with Crippen LogP contribution in [0.1, 0.15) is 0 Å². The Morgan fingerprint density at radius 2 is 0.961 bits per heavy atom. The number of anilines is 3. The van der Waals surface area contributed by atoms with Gasteiger partial charge in [0.1, 0.15) is 11.2 Å². The fourth-order valence-corrected chi connectivity index (χ4v) is 7.62. The second kappa shape index (κ2) is 11.9. The Hall–Kier alpha value is -6.84. The number of hydrogen-bond donors (Lipinski definition) is 0. The molecule has 0 N–H and O–H groups in total. The molecule has 0 amide bonds. The van der Waals surface area contributed by atoms with E-state index in [2.05, 4.69) is 204 Å². The Bertz CT molecular complexity index is 2790. The predicted molar refractivity (Wildman–Crippen MR) is 214 cm³/mol. The van der Waals surface area contributed by atoms with Crippen LogP contribution < -0.4 is 4.90 Å². The first kappa shape index (κ1) is 29.1. The van der Waals surface area contributed by atoms with Crippen LogP contribution in [0.2, 0.25) is 0 Å². The van der Waals surface area contributed by atoms with Crippen LogP contribution in [0.25, 0.3) is 71.7 Å². The lowest BCUT2D eigenvalue weighted by Crippen LogP contribution is -2.11. The van der Waals surface area contributed by atoms with Crippen LogP contribution in [-0.4, -0.2) is 4.57 Å². The first-order valence-corrected chi connectivity index (χ1v) is 17.4. The van der Waals surface area contributed by atoms with Crippen LogP contribution in [0.5, 0.6) is 0 Å².